The topological polar surface area (TPSA) is 62.2 Å². The summed E-state index contributed by atoms with van der Waals surface area (Å²) in [5.41, 5.74) is -0.132. The number of halogens is 1. The van der Waals surface area contributed by atoms with Crippen molar-refractivity contribution in [1.82, 2.24) is 9.80 Å². The molecular formula is C19H27FN2O4. The number of hydrogen-bond acceptors (Lipinski definition) is 5. The van der Waals surface area contributed by atoms with Crippen molar-refractivity contribution in [3.63, 3.8) is 0 Å². The minimum atomic E-state index is -0.693. The quantitative estimate of drug-likeness (QED) is 0.863. The van der Waals surface area contributed by atoms with Crippen molar-refractivity contribution in [3.8, 4) is 0 Å². The van der Waals surface area contributed by atoms with Gasteiger partial charge in [0.05, 0.1) is 33.0 Å². The molecule has 0 spiro atoms. The van der Waals surface area contributed by atoms with Gasteiger partial charge in [-0.2, -0.15) is 0 Å². The van der Waals surface area contributed by atoms with Crippen LogP contribution in [-0.2, 0) is 14.3 Å². The molecule has 2 heterocycles. The van der Waals surface area contributed by atoms with Crippen LogP contribution in [0.25, 0.3) is 0 Å². The number of benzene rings is 1. The molecule has 2 atom stereocenters. The summed E-state index contributed by atoms with van der Waals surface area (Å²) >= 11 is 0. The molecule has 2 aliphatic rings. The molecule has 0 radical (unpaired) electrons. The van der Waals surface area contributed by atoms with E-state index in [4.69, 9.17) is 9.47 Å². The molecule has 144 valence electrons. The van der Waals surface area contributed by atoms with Gasteiger partial charge in [0, 0.05) is 37.2 Å². The second kappa shape index (κ2) is 8.43. The molecule has 1 aromatic rings. The molecule has 7 heteroatoms. The van der Waals surface area contributed by atoms with Gasteiger partial charge >= 0.3 is 0 Å². The van der Waals surface area contributed by atoms with Crippen molar-refractivity contribution >= 4 is 5.91 Å². The summed E-state index contributed by atoms with van der Waals surface area (Å²) in [6.45, 7) is 5.65. The van der Waals surface area contributed by atoms with Gasteiger partial charge in [0.2, 0.25) is 5.91 Å². The molecule has 0 saturated carbocycles. The van der Waals surface area contributed by atoms with E-state index in [1.165, 1.54) is 6.07 Å². The van der Waals surface area contributed by atoms with E-state index >= 15 is 0 Å². The lowest BCUT2D eigenvalue weighted by molar-refractivity contribution is -0.140. The molecule has 0 aliphatic carbocycles. The van der Waals surface area contributed by atoms with Crippen LogP contribution in [-0.4, -0.2) is 80.0 Å². The summed E-state index contributed by atoms with van der Waals surface area (Å²) in [6, 6.07) is 5.75. The highest BCUT2D eigenvalue weighted by atomic mass is 19.1. The second-order valence-electron chi connectivity index (χ2n) is 7.35. The van der Waals surface area contributed by atoms with Crippen molar-refractivity contribution < 1.29 is 23.8 Å². The number of nitrogens with zero attached hydrogens (tertiary/aromatic N) is 2. The van der Waals surface area contributed by atoms with Crippen molar-refractivity contribution in [3.05, 3.63) is 35.6 Å². The van der Waals surface area contributed by atoms with Gasteiger partial charge in [-0.1, -0.05) is 25.1 Å². The number of amides is 1. The Labute approximate surface area is 153 Å². The zero-order chi connectivity index (χ0) is 18.6. The van der Waals surface area contributed by atoms with E-state index in [9.17, 15) is 14.3 Å². The Hall–Kier alpha value is -1.54. The maximum absolute atomic E-state index is 14.5. The van der Waals surface area contributed by atoms with E-state index in [1.54, 1.807) is 23.1 Å². The first-order chi connectivity index (χ1) is 12.5. The van der Waals surface area contributed by atoms with E-state index in [1.807, 2.05) is 11.8 Å². The zero-order valence-electron chi connectivity index (χ0n) is 15.2. The largest absolute Gasteiger partial charge is 0.396 e. The van der Waals surface area contributed by atoms with E-state index in [0.717, 1.165) is 0 Å². The fraction of sp³-hybridized carbons (Fsp3) is 0.632. The first-order valence-electron chi connectivity index (χ1n) is 9.08. The van der Waals surface area contributed by atoms with E-state index in [-0.39, 0.29) is 18.3 Å². The number of carbonyl (C=O) groups excluding carboxylic acids is 1. The van der Waals surface area contributed by atoms with Gasteiger partial charge in [0.1, 0.15) is 11.9 Å². The Kier molecular flexibility index (Phi) is 6.24. The summed E-state index contributed by atoms with van der Waals surface area (Å²) in [7, 11) is 0. The standard InChI is InChI=1S/C19H27FN2O4/c1-19(13-23)12-22(8-11-26-14-19)18(24)17(21-6-9-25-10-7-21)15-4-2-3-5-16(15)20/h2-5,17,23H,6-14H2,1H3. The molecule has 2 saturated heterocycles. The first-order valence-corrected chi connectivity index (χ1v) is 9.08. The highest BCUT2D eigenvalue weighted by Gasteiger charge is 2.38. The molecule has 2 unspecified atom stereocenters. The van der Waals surface area contributed by atoms with E-state index in [0.29, 0.717) is 58.2 Å². The molecule has 2 fully saturated rings. The highest BCUT2D eigenvalue weighted by Crippen LogP contribution is 2.29. The molecule has 26 heavy (non-hydrogen) atoms. The third-order valence-corrected chi connectivity index (χ3v) is 5.07. The van der Waals surface area contributed by atoms with Gasteiger partial charge in [-0.05, 0) is 6.07 Å². The van der Waals surface area contributed by atoms with Crippen LogP contribution in [0.15, 0.2) is 24.3 Å². The van der Waals surface area contributed by atoms with Crippen LogP contribution in [0.1, 0.15) is 18.5 Å². The number of hydrogen-bond donors (Lipinski definition) is 1. The van der Waals surface area contributed by atoms with Gasteiger partial charge in [0.15, 0.2) is 0 Å². The molecule has 0 bridgehead atoms. The highest BCUT2D eigenvalue weighted by molar-refractivity contribution is 5.83. The Morgan fingerprint density at radius 3 is 2.62 bits per heavy atom. The minimum Gasteiger partial charge on any atom is -0.396 e. The molecule has 0 aromatic heterocycles. The number of morpholine rings is 1. The molecule has 1 amide bonds. The van der Waals surface area contributed by atoms with Crippen molar-refractivity contribution in [2.24, 2.45) is 5.41 Å². The van der Waals surface area contributed by atoms with Crippen LogP contribution in [0.2, 0.25) is 0 Å². The lowest BCUT2D eigenvalue weighted by atomic mass is 9.92. The second-order valence-corrected chi connectivity index (χ2v) is 7.35. The van der Waals surface area contributed by atoms with Crippen LogP contribution in [0, 0.1) is 11.2 Å². The van der Waals surface area contributed by atoms with Gasteiger partial charge in [-0.25, -0.2) is 4.39 Å². The van der Waals surface area contributed by atoms with Crippen LogP contribution < -0.4 is 0 Å². The number of aliphatic hydroxyl groups is 1. The Morgan fingerprint density at radius 1 is 1.23 bits per heavy atom. The summed E-state index contributed by atoms with van der Waals surface area (Å²) < 4.78 is 25.5. The smallest absolute Gasteiger partial charge is 0.244 e. The van der Waals surface area contributed by atoms with Gasteiger partial charge in [0.25, 0.3) is 0 Å². The first kappa shape index (κ1) is 19.2. The van der Waals surface area contributed by atoms with Crippen LogP contribution in [0.5, 0.6) is 0 Å². The number of ether oxygens (including phenoxy) is 2. The molecule has 1 N–H and O–H groups in total. The number of aliphatic hydroxyl groups excluding tert-OH is 1. The fourth-order valence-electron chi connectivity index (χ4n) is 3.55. The maximum Gasteiger partial charge on any atom is 0.244 e. The monoisotopic (exact) mass is 366 g/mol. The summed E-state index contributed by atoms with van der Waals surface area (Å²) in [4.78, 5) is 17.1. The molecule has 2 aliphatic heterocycles. The van der Waals surface area contributed by atoms with Gasteiger partial charge in [-0.3, -0.25) is 9.69 Å². The zero-order valence-corrected chi connectivity index (χ0v) is 15.2. The van der Waals surface area contributed by atoms with Crippen molar-refractivity contribution in [2.45, 2.75) is 13.0 Å². The Balaban J connectivity index is 1.90. The van der Waals surface area contributed by atoms with Gasteiger partial charge in [-0.15, -0.1) is 0 Å². The predicted molar refractivity (Wildman–Crippen MR) is 94.1 cm³/mol. The van der Waals surface area contributed by atoms with Crippen LogP contribution in [0.4, 0.5) is 4.39 Å². The molecular weight excluding hydrogens is 339 g/mol. The average molecular weight is 366 g/mol. The number of carbonyl (C=O) groups is 1. The maximum atomic E-state index is 14.5. The lowest BCUT2D eigenvalue weighted by Gasteiger charge is -2.38. The van der Waals surface area contributed by atoms with E-state index in [2.05, 4.69) is 0 Å². The average Bonchev–Trinajstić information content (AvgIpc) is 2.87. The predicted octanol–water partition coefficient (Wildman–Crippen LogP) is 1.06. The third kappa shape index (κ3) is 4.23. The summed E-state index contributed by atoms with van der Waals surface area (Å²) in [5.74, 6) is -0.532. The fourth-order valence-corrected chi connectivity index (χ4v) is 3.55. The normalized spacial score (nSPS) is 26.3. The van der Waals surface area contributed by atoms with Crippen LogP contribution >= 0.6 is 0 Å². The summed E-state index contributed by atoms with van der Waals surface area (Å²) in [5, 5.41) is 9.72. The van der Waals surface area contributed by atoms with Crippen molar-refractivity contribution in [2.75, 3.05) is 59.2 Å². The Bertz CT molecular complexity index is 623. The molecule has 1 aromatic carbocycles. The van der Waals surface area contributed by atoms with Gasteiger partial charge < -0.3 is 19.5 Å². The van der Waals surface area contributed by atoms with E-state index < -0.39 is 11.5 Å². The number of rotatable bonds is 4. The minimum absolute atomic E-state index is 0.0707. The Morgan fingerprint density at radius 2 is 1.92 bits per heavy atom. The molecule has 6 nitrogen and oxygen atoms in total. The lowest BCUT2D eigenvalue weighted by Crippen LogP contribution is -2.50. The molecule has 3 rings (SSSR count). The summed E-state index contributed by atoms with van der Waals surface area (Å²) in [6.07, 6.45) is 0. The van der Waals surface area contributed by atoms with Crippen LogP contribution in [0.3, 0.4) is 0 Å². The SMILES string of the molecule is CC1(CO)COCCN(C(=O)C(c2ccccc2F)N2CCOCC2)C1. The third-order valence-electron chi connectivity index (χ3n) is 5.07. The van der Waals surface area contributed by atoms with Crippen molar-refractivity contribution in [1.29, 1.82) is 0 Å².